The smallest absolute Gasteiger partial charge is 0.478 e. The zero-order valence-electron chi connectivity index (χ0n) is 25.1. The summed E-state index contributed by atoms with van der Waals surface area (Å²) in [5, 5.41) is 10.0. The number of rotatable bonds is 9. The van der Waals surface area contributed by atoms with E-state index < -0.39 is 5.97 Å². The standard InChI is InChI=1S/C25H27O2.C10H12N.2Li/c1-16(2)10-15-21-18(4)22(25(26)27)24(19-8-6-5-7-9-19)23(21)20-13-11-17(3)12-14-20;1-3-11(4-2)10-8-6-5-7-9-10;;/h5-6,8-9,11-14,16,21H,10,15H2,1-4H3,(H,26,27);6-9H,1-4H2;;/q-1;-3;2*+1. The Morgan fingerprint density at radius 3 is 2.05 bits per heavy atom. The first-order valence-electron chi connectivity index (χ1n) is 13.3. The Balaban J connectivity index is 0.000000522. The van der Waals surface area contributed by atoms with Crippen LogP contribution >= 0.6 is 0 Å². The first kappa shape index (κ1) is 35.6. The van der Waals surface area contributed by atoms with Gasteiger partial charge in [-0.3, -0.25) is 0 Å². The van der Waals surface area contributed by atoms with Crippen molar-refractivity contribution in [3.63, 3.8) is 0 Å². The van der Waals surface area contributed by atoms with Crippen LogP contribution < -0.4 is 42.6 Å². The van der Waals surface area contributed by atoms with Crippen molar-refractivity contribution >= 4 is 22.8 Å². The first-order valence-corrected chi connectivity index (χ1v) is 13.3. The normalized spacial score (nSPS) is 14.2. The van der Waals surface area contributed by atoms with E-state index in [-0.39, 0.29) is 43.6 Å². The van der Waals surface area contributed by atoms with Crippen molar-refractivity contribution in [2.75, 3.05) is 18.0 Å². The van der Waals surface area contributed by atoms with Gasteiger partial charge in [-0.2, -0.15) is 48.5 Å². The molecule has 1 N–H and O–H groups in total. The van der Waals surface area contributed by atoms with Crippen LogP contribution in [-0.2, 0) is 4.79 Å². The zero-order chi connectivity index (χ0) is 27.7. The summed E-state index contributed by atoms with van der Waals surface area (Å²) in [4.78, 5) is 14.3. The van der Waals surface area contributed by atoms with E-state index in [1.807, 2.05) is 55.5 Å². The number of benzene rings is 3. The molecule has 0 saturated carbocycles. The van der Waals surface area contributed by atoms with Gasteiger partial charge in [0.05, 0.1) is 5.57 Å². The Bertz CT molecular complexity index is 1250. The average molecular weight is 520 g/mol. The number of carboxylic acids is 1. The monoisotopic (exact) mass is 519 g/mol. The molecule has 3 aromatic carbocycles. The van der Waals surface area contributed by atoms with E-state index >= 15 is 0 Å². The molecule has 0 heterocycles. The van der Waals surface area contributed by atoms with Crippen molar-refractivity contribution in [1.82, 2.24) is 0 Å². The number of anilines is 1. The predicted octanol–water partition coefficient (Wildman–Crippen LogP) is 2.14. The molecule has 0 amide bonds. The van der Waals surface area contributed by atoms with Crippen LogP contribution in [0, 0.1) is 44.7 Å². The van der Waals surface area contributed by atoms with Crippen molar-refractivity contribution in [2.24, 2.45) is 11.8 Å². The largest absolute Gasteiger partial charge is 1.00 e. The van der Waals surface area contributed by atoms with Gasteiger partial charge in [-0.15, -0.1) is 30.8 Å². The van der Waals surface area contributed by atoms with Crippen molar-refractivity contribution in [2.45, 2.75) is 40.5 Å². The number of aliphatic carboxylic acids is 1. The fourth-order valence-corrected chi connectivity index (χ4v) is 4.92. The molecule has 0 spiro atoms. The molecule has 1 aliphatic rings. The molecule has 0 radical (unpaired) electrons. The van der Waals surface area contributed by atoms with Gasteiger partial charge in [0.25, 0.3) is 0 Å². The third kappa shape index (κ3) is 9.06. The summed E-state index contributed by atoms with van der Waals surface area (Å²) in [6, 6.07) is 30.0. The molecular weight excluding hydrogens is 480 g/mol. The fraction of sp³-hybridized carbons (Fsp3) is 0.286. The van der Waals surface area contributed by atoms with E-state index in [9.17, 15) is 9.90 Å². The zero-order valence-corrected chi connectivity index (χ0v) is 25.1. The second-order valence-electron chi connectivity index (χ2n) is 10.1. The van der Waals surface area contributed by atoms with Gasteiger partial charge in [0, 0.05) is 5.92 Å². The van der Waals surface area contributed by atoms with Crippen LogP contribution in [0.25, 0.3) is 11.1 Å². The van der Waals surface area contributed by atoms with Gasteiger partial charge in [-0.25, -0.2) is 4.79 Å². The number of allylic oxidation sites excluding steroid dienone is 2. The molecule has 0 fully saturated rings. The first-order chi connectivity index (χ1) is 18.3. The van der Waals surface area contributed by atoms with Gasteiger partial charge < -0.3 is 23.9 Å². The molecule has 0 aliphatic heterocycles. The van der Waals surface area contributed by atoms with E-state index in [1.165, 1.54) is 5.56 Å². The molecule has 5 heteroatoms. The Morgan fingerprint density at radius 1 is 0.925 bits per heavy atom. The van der Waals surface area contributed by atoms with Crippen LogP contribution in [0.5, 0.6) is 0 Å². The summed E-state index contributed by atoms with van der Waals surface area (Å²) in [6.45, 7) is 17.6. The van der Waals surface area contributed by atoms with Crippen LogP contribution in [0.15, 0.2) is 83.9 Å². The number of hydrogen-bond acceptors (Lipinski definition) is 2. The summed E-state index contributed by atoms with van der Waals surface area (Å²) in [7, 11) is 0. The summed E-state index contributed by atoms with van der Waals surface area (Å²) < 4.78 is 0. The van der Waals surface area contributed by atoms with Gasteiger partial charge in [0.15, 0.2) is 0 Å². The molecule has 1 unspecified atom stereocenters. The molecule has 1 aliphatic carbocycles. The quantitative estimate of drug-likeness (QED) is 0.348. The van der Waals surface area contributed by atoms with Crippen LogP contribution in [0.3, 0.4) is 0 Å². The van der Waals surface area contributed by atoms with Crippen LogP contribution in [0.1, 0.15) is 50.3 Å². The van der Waals surface area contributed by atoms with Crippen molar-refractivity contribution < 1.29 is 47.6 Å². The molecule has 0 bridgehead atoms. The van der Waals surface area contributed by atoms with E-state index in [1.54, 1.807) is 0 Å². The molecule has 1 atom stereocenters. The van der Waals surface area contributed by atoms with Gasteiger partial charge in [-0.05, 0) is 37.3 Å². The maximum atomic E-state index is 12.2. The van der Waals surface area contributed by atoms with Gasteiger partial charge in [-0.1, -0.05) is 66.9 Å². The average Bonchev–Trinajstić information content (AvgIpc) is 3.22. The third-order valence-electron chi connectivity index (χ3n) is 7.00. The summed E-state index contributed by atoms with van der Waals surface area (Å²) >= 11 is 0. The van der Waals surface area contributed by atoms with Crippen molar-refractivity contribution in [1.29, 1.82) is 0 Å². The predicted molar refractivity (Wildman–Crippen MR) is 159 cm³/mol. The number of nitrogens with zero attached hydrogens (tertiary/aromatic N) is 1. The van der Waals surface area contributed by atoms with Crippen molar-refractivity contribution in [3.8, 4) is 0 Å². The number of aryl methyl sites for hydroxylation is 1. The molecular formula is C35H39Li2NO2-2. The minimum atomic E-state index is -0.844. The van der Waals surface area contributed by atoms with Gasteiger partial charge >= 0.3 is 43.7 Å². The van der Waals surface area contributed by atoms with E-state index in [4.69, 9.17) is 0 Å². The molecule has 0 saturated heterocycles. The second-order valence-corrected chi connectivity index (χ2v) is 10.1. The number of carbonyl (C=O) groups is 1. The molecule has 4 rings (SSSR count). The minimum Gasteiger partial charge on any atom is -0.478 e. The fourth-order valence-electron chi connectivity index (χ4n) is 4.92. The third-order valence-corrected chi connectivity index (χ3v) is 7.00. The Hall–Kier alpha value is -2.40. The maximum absolute atomic E-state index is 12.2. The summed E-state index contributed by atoms with van der Waals surface area (Å²) in [5.74, 6) is -0.126. The molecule has 3 aromatic rings. The Morgan fingerprint density at radius 2 is 1.55 bits per heavy atom. The van der Waals surface area contributed by atoms with Crippen LogP contribution in [-0.4, -0.2) is 24.2 Å². The molecule has 200 valence electrons. The Kier molecular flexibility index (Phi) is 15.5. The maximum Gasteiger partial charge on any atom is 1.00 e. The number of hydrogen-bond donors (Lipinski definition) is 1. The summed E-state index contributed by atoms with van der Waals surface area (Å²) in [6.07, 6.45) is 2.03. The van der Waals surface area contributed by atoms with E-state index in [2.05, 4.69) is 75.9 Å². The molecule has 40 heavy (non-hydrogen) atoms. The van der Waals surface area contributed by atoms with E-state index in [0.717, 1.165) is 59.5 Å². The summed E-state index contributed by atoms with van der Waals surface area (Å²) in [5.41, 5.74) is 7.83. The molecule has 3 nitrogen and oxygen atoms in total. The minimum absolute atomic E-state index is 0. The second kappa shape index (κ2) is 17.4. The van der Waals surface area contributed by atoms with Gasteiger partial charge in [0.1, 0.15) is 0 Å². The Labute approximate surface area is 266 Å². The van der Waals surface area contributed by atoms with Gasteiger partial charge in [0.2, 0.25) is 0 Å². The SMILES string of the molecule is CC1=C(C(=O)O)C(c2c[c-]ccc2)=C(c2ccc(C)cc2)C1CCC(C)C.[CH2-]CN(C[CH2-])c1cc[c-]cc1.[Li+].[Li+]. The molecule has 0 aromatic heterocycles. The topological polar surface area (TPSA) is 40.5 Å². The number of carboxylic acid groups (broad SMARTS) is 1. The van der Waals surface area contributed by atoms with Crippen molar-refractivity contribution in [3.05, 3.63) is 127 Å². The van der Waals surface area contributed by atoms with Crippen LogP contribution in [0.2, 0.25) is 0 Å². The van der Waals surface area contributed by atoms with E-state index in [0.29, 0.717) is 11.5 Å². The van der Waals surface area contributed by atoms with Crippen LogP contribution in [0.4, 0.5) is 5.69 Å².